The molecule has 0 unspecified atom stereocenters. The summed E-state index contributed by atoms with van der Waals surface area (Å²) in [5, 5.41) is 2.94. The van der Waals surface area contributed by atoms with Gasteiger partial charge in [0.25, 0.3) is 5.91 Å². The minimum Gasteiger partial charge on any atom is -0.329 e. The van der Waals surface area contributed by atoms with Crippen LogP contribution in [0.4, 0.5) is 0 Å². The van der Waals surface area contributed by atoms with Crippen molar-refractivity contribution in [2.24, 2.45) is 0 Å². The molecule has 2 aromatic rings. The van der Waals surface area contributed by atoms with Crippen LogP contribution in [0.25, 0.3) is 0 Å². The highest BCUT2D eigenvalue weighted by Crippen LogP contribution is 2.15. The van der Waals surface area contributed by atoms with Crippen molar-refractivity contribution < 1.29 is 9.59 Å². The van der Waals surface area contributed by atoms with E-state index in [4.69, 9.17) is 0 Å². The normalized spacial score (nSPS) is 16.3. The first-order valence-electron chi connectivity index (χ1n) is 8.45. The van der Waals surface area contributed by atoms with Crippen LogP contribution < -0.4 is 5.32 Å². The Labute approximate surface area is 142 Å². The van der Waals surface area contributed by atoms with Crippen molar-refractivity contribution in [1.29, 1.82) is 0 Å². The van der Waals surface area contributed by atoms with Gasteiger partial charge < -0.3 is 5.32 Å². The zero-order valence-corrected chi connectivity index (χ0v) is 13.7. The number of carbonyl (C=O) groups excluding carboxylic acids is 2. The number of benzene rings is 2. The predicted octanol–water partition coefficient (Wildman–Crippen LogP) is 3.11. The minimum absolute atomic E-state index is 0.0539. The molecule has 1 N–H and O–H groups in total. The number of carbonyl (C=O) groups is 2. The molecule has 1 heterocycles. The number of ketones is 1. The van der Waals surface area contributed by atoms with E-state index in [1.165, 1.54) is 6.42 Å². The number of rotatable bonds is 5. The monoisotopic (exact) mass is 322 g/mol. The summed E-state index contributed by atoms with van der Waals surface area (Å²) in [4.78, 5) is 27.6. The van der Waals surface area contributed by atoms with Crippen LogP contribution in [-0.4, -0.2) is 35.8 Å². The van der Waals surface area contributed by atoms with E-state index < -0.39 is 6.17 Å². The van der Waals surface area contributed by atoms with Crippen LogP contribution in [0, 0.1) is 0 Å². The average Bonchev–Trinajstić information content (AvgIpc) is 2.67. The molecule has 0 aliphatic carbocycles. The quantitative estimate of drug-likeness (QED) is 0.861. The third-order valence-corrected chi connectivity index (χ3v) is 4.37. The molecule has 1 atom stereocenters. The van der Waals surface area contributed by atoms with E-state index in [0.29, 0.717) is 11.1 Å². The van der Waals surface area contributed by atoms with Gasteiger partial charge in [0, 0.05) is 24.2 Å². The van der Waals surface area contributed by atoms with Crippen molar-refractivity contribution in [3.05, 3.63) is 71.8 Å². The van der Waals surface area contributed by atoms with E-state index in [1.54, 1.807) is 24.3 Å². The molecule has 0 radical (unpaired) electrons. The van der Waals surface area contributed by atoms with Crippen molar-refractivity contribution in [3.63, 3.8) is 0 Å². The maximum Gasteiger partial charge on any atom is 0.252 e. The van der Waals surface area contributed by atoms with E-state index in [9.17, 15) is 9.59 Å². The van der Waals surface area contributed by atoms with Gasteiger partial charge >= 0.3 is 0 Å². The van der Waals surface area contributed by atoms with Crippen LogP contribution in [0.15, 0.2) is 60.7 Å². The van der Waals surface area contributed by atoms with Crippen molar-refractivity contribution >= 4 is 11.7 Å². The lowest BCUT2D eigenvalue weighted by molar-refractivity contribution is 0.0652. The molecule has 24 heavy (non-hydrogen) atoms. The molecule has 0 bridgehead atoms. The van der Waals surface area contributed by atoms with E-state index >= 15 is 0 Å². The standard InChI is InChI=1S/C20H22N2O2/c23-18(16-10-4-1-5-11-16)19(22-14-8-3-9-15-22)21-20(24)17-12-6-2-7-13-17/h1-2,4-7,10-13,19H,3,8-9,14-15H2,(H,21,24)/t19-/m0/s1. The summed E-state index contributed by atoms with van der Waals surface area (Å²) < 4.78 is 0. The number of hydrogen-bond acceptors (Lipinski definition) is 3. The van der Waals surface area contributed by atoms with E-state index in [-0.39, 0.29) is 11.7 Å². The van der Waals surface area contributed by atoms with Gasteiger partial charge in [0.05, 0.1) is 0 Å². The zero-order chi connectivity index (χ0) is 16.8. The van der Waals surface area contributed by atoms with Crippen LogP contribution >= 0.6 is 0 Å². The number of nitrogens with one attached hydrogen (secondary N) is 1. The van der Waals surface area contributed by atoms with Crippen molar-refractivity contribution in [1.82, 2.24) is 10.2 Å². The Morgan fingerprint density at radius 3 is 1.92 bits per heavy atom. The molecule has 124 valence electrons. The smallest absolute Gasteiger partial charge is 0.252 e. The minimum atomic E-state index is -0.611. The molecule has 2 aromatic carbocycles. The summed E-state index contributed by atoms with van der Waals surface area (Å²) in [6.45, 7) is 1.66. The summed E-state index contributed by atoms with van der Waals surface area (Å²) in [6.07, 6.45) is 2.68. The second-order valence-corrected chi connectivity index (χ2v) is 6.07. The summed E-state index contributed by atoms with van der Waals surface area (Å²) in [7, 11) is 0. The van der Waals surface area contributed by atoms with Gasteiger partial charge in [-0.25, -0.2) is 0 Å². The number of hydrogen-bond donors (Lipinski definition) is 1. The fraction of sp³-hybridized carbons (Fsp3) is 0.300. The van der Waals surface area contributed by atoms with Crippen LogP contribution in [0.5, 0.6) is 0 Å². The lowest BCUT2D eigenvalue weighted by Crippen LogP contribution is -2.54. The molecule has 4 nitrogen and oxygen atoms in total. The Morgan fingerprint density at radius 2 is 1.33 bits per heavy atom. The van der Waals surface area contributed by atoms with Crippen molar-refractivity contribution in [2.75, 3.05) is 13.1 Å². The van der Waals surface area contributed by atoms with Crippen LogP contribution in [-0.2, 0) is 0 Å². The van der Waals surface area contributed by atoms with Gasteiger partial charge in [-0.3, -0.25) is 14.5 Å². The summed E-state index contributed by atoms with van der Waals surface area (Å²) >= 11 is 0. The molecule has 3 rings (SSSR count). The lowest BCUT2D eigenvalue weighted by atomic mass is 10.0. The van der Waals surface area contributed by atoms with Gasteiger partial charge in [-0.2, -0.15) is 0 Å². The summed E-state index contributed by atoms with van der Waals surface area (Å²) in [6, 6.07) is 18.2. The maximum absolute atomic E-state index is 13.0. The Balaban J connectivity index is 1.82. The van der Waals surface area contributed by atoms with Crippen molar-refractivity contribution in [2.45, 2.75) is 25.4 Å². The predicted molar refractivity (Wildman–Crippen MR) is 93.9 cm³/mol. The third-order valence-electron chi connectivity index (χ3n) is 4.37. The van der Waals surface area contributed by atoms with Crippen LogP contribution in [0.2, 0.25) is 0 Å². The molecule has 1 aliphatic heterocycles. The highest BCUT2D eigenvalue weighted by atomic mass is 16.2. The van der Waals surface area contributed by atoms with Gasteiger partial charge in [0.2, 0.25) is 0 Å². The molecule has 4 heteroatoms. The molecule has 0 aromatic heterocycles. The SMILES string of the molecule is O=C(N[C@H](C(=O)c1ccccc1)N1CCCCC1)c1ccccc1. The number of amides is 1. The van der Waals surface area contributed by atoms with E-state index in [2.05, 4.69) is 10.2 Å². The first-order valence-corrected chi connectivity index (χ1v) is 8.45. The van der Waals surface area contributed by atoms with Gasteiger partial charge in [-0.05, 0) is 25.0 Å². The Morgan fingerprint density at radius 1 is 0.792 bits per heavy atom. The fourth-order valence-electron chi connectivity index (χ4n) is 3.06. The molecule has 0 saturated carbocycles. The molecule has 0 spiro atoms. The lowest BCUT2D eigenvalue weighted by Gasteiger charge is -2.34. The third kappa shape index (κ3) is 3.89. The largest absolute Gasteiger partial charge is 0.329 e. The second kappa shape index (κ2) is 7.88. The number of piperidine rings is 1. The number of nitrogens with zero attached hydrogens (tertiary/aromatic N) is 1. The van der Waals surface area contributed by atoms with Gasteiger partial charge in [-0.1, -0.05) is 55.0 Å². The second-order valence-electron chi connectivity index (χ2n) is 6.07. The van der Waals surface area contributed by atoms with Crippen LogP contribution in [0.1, 0.15) is 40.0 Å². The average molecular weight is 322 g/mol. The van der Waals surface area contributed by atoms with Gasteiger partial charge in [0.15, 0.2) is 5.78 Å². The summed E-state index contributed by atoms with van der Waals surface area (Å²) in [5.41, 5.74) is 1.20. The molecule has 1 aliphatic rings. The summed E-state index contributed by atoms with van der Waals surface area (Å²) in [5.74, 6) is -0.266. The number of likely N-dealkylation sites (tertiary alicyclic amines) is 1. The number of Topliss-reactive ketones (excluding diaryl/α,β-unsaturated/α-hetero) is 1. The topological polar surface area (TPSA) is 49.4 Å². The highest BCUT2D eigenvalue weighted by Gasteiger charge is 2.29. The molecule has 1 fully saturated rings. The Hall–Kier alpha value is -2.46. The molecule has 1 amide bonds. The first kappa shape index (κ1) is 16.4. The maximum atomic E-state index is 13.0. The molecular weight excluding hydrogens is 300 g/mol. The van der Waals surface area contributed by atoms with Gasteiger partial charge in [0.1, 0.15) is 6.17 Å². The molecule has 1 saturated heterocycles. The molecular formula is C20H22N2O2. The van der Waals surface area contributed by atoms with E-state index in [0.717, 1.165) is 25.9 Å². The zero-order valence-electron chi connectivity index (χ0n) is 13.7. The first-order chi connectivity index (χ1) is 11.8. The van der Waals surface area contributed by atoms with Crippen molar-refractivity contribution in [3.8, 4) is 0 Å². The van der Waals surface area contributed by atoms with Crippen LogP contribution in [0.3, 0.4) is 0 Å². The van der Waals surface area contributed by atoms with E-state index in [1.807, 2.05) is 36.4 Å². The Bertz CT molecular complexity index is 679. The Kier molecular flexibility index (Phi) is 5.39. The highest BCUT2D eigenvalue weighted by molar-refractivity contribution is 6.04. The fourth-order valence-corrected chi connectivity index (χ4v) is 3.06. The van der Waals surface area contributed by atoms with Gasteiger partial charge in [-0.15, -0.1) is 0 Å².